The van der Waals surface area contributed by atoms with Crippen LogP contribution in [0.15, 0.2) is 6.20 Å². The normalized spacial score (nSPS) is 11.8. The molecule has 0 radical (unpaired) electrons. The van der Waals surface area contributed by atoms with Crippen molar-refractivity contribution in [3.63, 3.8) is 0 Å². The fourth-order valence-corrected chi connectivity index (χ4v) is 2.52. The molecule has 0 saturated heterocycles. The molecular weight excluding hydrogens is 258 g/mol. The Kier molecular flexibility index (Phi) is 6.75. The quantitative estimate of drug-likeness (QED) is 0.745. The smallest absolute Gasteiger partial charge is 0.185 e. The summed E-state index contributed by atoms with van der Waals surface area (Å²) < 4.78 is 5.41. The van der Waals surface area contributed by atoms with Gasteiger partial charge in [-0.1, -0.05) is 0 Å². The number of hydrogen-bond donors (Lipinski definition) is 1. The predicted octanol–water partition coefficient (Wildman–Crippen LogP) is 2.89. The first-order chi connectivity index (χ1) is 8.96. The molecule has 0 aliphatic carbocycles. The monoisotopic (exact) mass is 285 g/mol. The topological polar surface area (TPSA) is 37.4 Å². The maximum atomic E-state index is 5.41. The van der Waals surface area contributed by atoms with Gasteiger partial charge in [0.2, 0.25) is 0 Å². The van der Waals surface area contributed by atoms with Crippen LogP contribution in [0, 0.1) is 0 Å². The zero-order chi connectivity index (χ0) is 14.3. The number of hydrogen-bond acceptors (Lipinski definition) is 5. The van der Waals surface area contributed by atoms with Crippen LogP contribution < -0.4 is 10.2 Å². The van der Waals surface area contributed by atoms with Gasteiger partial charge in [-0.25, -0.2) is 4.98 Å². The average Bonchev–Trinajstić information content (AvgIpc) is 2.80. The van der Waals surface area contributed by atoms with E-state index in [1.54, 1.807) is 11.3 Å². The molecule has 0 amide bonds. The molecule has 19 heavy (non-hydrogen) atoms. The highest BCUT2D eigenvalue weighted by Gasteiger charge is 2.12. The molecule has 0 aliphatic heterocycles. The van der Waals surface area contributed by atoms with Crippen molar-refractivity contribution in [1.29, 1.82) is 0 Å². The summed E-state index contributed by atoms with van der Waals surface area (Å²) >= 11 is 1.76. The SMILES string of the molecule is CCOCCN(CC)c1ncc(CNC(C)(C)C)s1. The number of nitrogens with zero attached hydrogens (tertiary/aromatic N) is 2. The number of rotatable bonds is 8. The van der Waals surface area contributed by atoms with Crippen molar-refractivity contribution in [1.82, 2.24) is 10.3 Å². The van der Waals surface area contributed by atoms with Crippen LogP contribution in [0.3, 0.4) is 0 Å². The van der Waals surface area contributed by atoms with E-state index >= 15 is 0 Å². The Bertz CT molecular complexity index is 360. The van der Waals surface area contributed by atoms with Gasteiger partial charge in [-0.15, -0.1) is 11.3 Å². The number of ether oxygens (including phenoxy) is 1. The second-order valence-electron chi connectivity index (χ2n) is 5.49. The molecule has 4 nitrogen and oxygen atoms in total. The standard InChI is InChI=1S/C14H27N3OS/c1-6-17(8-9-18-7-2)13-15-10-12(19-13)11-16-14(3,4)5/h10,16H,6-9,11H2,1-5H3. The third kappa shape index (κ3) is 6.36. The molecule has 1 N–H and O–H groups in total. The van der Waals surface area contributed by atoms with E-state index in [-0.39, 0.29) is 5.54 Å². The van der Waals surface area contributed by atoms with Gasteiger partial charge < -0.3 is 15.0 Å². The zero-order valence-corrected chi connectivity index (χ0v) is 13.6. The molecule has 110 valence electrons. The van der Waals surface area contributed by atoms with E-state index in [1.807, 2.05) is 13.1 Å². The van der Waals surface area contributed by atoms with Gasteiger partial charge in [-0.05, 0) is 34.6 Å². The molecule has 5 heteroatoms. The molecule has 0 saturated carbocycles. The van der Waals surface area contributed by atoms with Crippen molar-refractivity contribution in [3.05, 3.63) is 11.1 Å². The Labute approximate surface area is 121 Å². The summed E-state index contributed by atoms with van der Waals surface area (Å²) in [4.78, 5) is 8.06. The van der Waals surface area contributed by atoms with Gasteiger partial charge in [0, 0.05) is 42.9 Å². The maximum Gasteiger partial charge on any atom is 0.185 e. The molecule has 1 heterocycles. The van der Waals surface area contributed by atoms with Crippen LogP contribution in [0.4, 0.5) is 5.13 Å². The largest absolute Gasteiger partial charge is 0.380 e. The minimum absolute atomic E-state index is 0.142. The van der Waals surface area contributed by atoms with E-state index in [0.29, 0.717) is 0 Å². The van der Waals surface area contributed by atoms with E-state index in [2.05, 4.69) is 42.9 Å². The Hall–Kier alpha value is -0.650. The van der Waals surface area contributed by atoms with E-state index in [9.17, 15) is 0 Å². The first kappa shape index (κ1) is 16.4. The highest BCUT2D eigenvalue weighted by molar-refractivity contribution is 7.15. The van der Waals surface area contributed by atoms with Crippen molar-refractivity contribution < 1.29 is 4.74 Å². The fraction of sp³-hybridized carbons (Fsp3) is 0.786. The van der Waals surface area contributed by atoms with Crippen molar-refractivity contribution in [2.24, 2.45) is 0 Å². The molecule has 0 bridgehead atoms. The maximum absolute atomic E-state index is 5.41. The summed E-state index contributed by atoms with van der Waals surface area (Å²) in [5.41, 5.74) is 0.142. The fourth-order valence-electron chi connectivity index (χ4n) is 1.59. The van der Waals surface area contributed by atoms with Crippen LogP contribution in [0.25, 0.3) is 0 Å². The Morgan fingerprint density at radius 3 is 2.68 bits per heavy atom. The first-order valence-corrected chi connectivity index (χ1v) is 7.80. The summed E-state index contributed by atoms with van der Waals surface area (Å²) in [6.45, 7) is 15.0. The lowest BCUT2D eigenvalue weighted by Crippen LogP contribution is -2.34. The van der Waals surface area contributed by atoms with Crippen LogP contribution in [-0.4, -0.2) is 36.8 Å². The summed E-state index contributed by atoms with van der Waals surface area (Å²) in [6, 6.07) is 0. The highest BCUT2D eigenvalue weighted by atomic mass is 32.1. The Morgan fingerprint density at radius 1 is 1.37 bits per heavy atom. The van der Waals surface area contributed by atoms with Gasteiger partial charge in [-0.3, -0.25) is 0 Å². The van der Waals surface area contributed by atoms with Crippen LogP contribution in [0.2, 0.25) is 0 Å². The molecule has 0 aliphatic rings. The number of aromatic nitrogens is 1. The van der Waals surface area contributed by atoms with E-state index in [1.165, 1.54) is 4.88 Å². The molecule has 0 aromatic carbocycles. The lowest BCUT2D eigenvalue weighted by atomic mass is 10.1. The van der Waals surface area contributed by atoms with E-state index < -0.39 is 0 Å². The molecule has 1 aromatic rings. The lowest BCUT2D eigenvalue weighted by molar-refractivity contribution is 0.154. The van der Waals surface area contributed by atoms with Gasteiger partial charge in [-0.2, -0.15) is 0 Å². The Morgan fingerprint density at radius 2 is 2.11 bits per heavy atom. The van der Waals surface area contributed by atoms with Gasteiger partial charge in [0.15, 0.2) is 5.13 Å². The van der Waals surface area contributed by atoms with Gasteiger partial charge in [0.05, 0.1) is 6.61 Å². The highest BCUT2D eigenvalue weighted by Crippen LogP contribution is 2.22. The Balaban J connectivity index is 2.51. The number of likely N-dealkylation sites (N-methyl/N-ethyl adjacent to an activating group) is 1. The molecule has 0 fully saturated rings. The number of thiazole rings is 1. The van der Waals surface area contributed by atoms with Gasteiger partial charge >= 0.3 is 0 Å². The molecule has 1 rings (SSSR count). The minimum Gasteiger partial charge on any atom is -0.380 e. The van der Waals surface area contributed by atoms with Crippen molar-refractivity contribution >= 4 is 16.5 Å². The van der Waals surface area contributed by atoms with E-state index in [0.717, 1.165) is 38.0 Å². The summed E-state index contributed by atoms with van der Waals surface area (Å²) in [5.74, 6) is 0. The molecule has 0 unspecified atom stereocenters. The third-order valence-electron chi connectivity index (χ3n) is 2.70. The summed E-state index contributed by atoms with van der Waals surface area (Å²) in [7, 11) is 0. The lowest BCUT2D eigenvalue weighted by Gasteiger charge is -2.20. The molecule has 1 aromatic heterocycles. The van der Waals surface area contributed by atoms with Crippen molar-refractivity contribution in [3.8, 4) is 0 Å². The average molecular weight is 285 g/mol. The second kappa shape index (κ2) is 7.82. The molecular formula is C14H27N3OS. The van der Waals surface area contributed by atoms with Crippen LogP contribution in [-0.2, 0) is 11.3 Å². The third-order valence-corrected chi connectivity index (χ3v) is 3.75. The summed E-state index contributed by atoms with van der Waals surface area (Å²) in [5, 5.41) is 4.58. The molecule has 0 spiro atoms. The van der Waals surface area contributed by atoms with Crippen molar-refractivity contribution in [2.45, 2.75) is 46.7 Å². The van der Waals surface area contributed by atoms with Crippen LogP contribution in [0.5, 0.6) is 0 Å². The zero-order valence-electron chi connectivity index (χ0n) is 12.8. The summed E-state index contributed by atoms with van der Waals surface area (Å²) in [6.07, 6.45) is 1.97. The minimum atomic E-state index is 0.142. The van der Waals surface area contributed by atoms with E-state index in [4.69, 9.17) is 4.74 Å². The van der Waals surface area contributed by atoms with Crippen LogP contribution >= 0.6 is 11.3 Å². The van der Waals surface area contributed by atoms with Gasteiger partial charge in [0.25, 0.3) is 0 Å². The number of nitrogens with one attached hydrogen (secondary N) is 1. The van der Waals surface area contributed by atoms with Crippen molar-refractivity contribution in [2.75, 3.05) is 31.2 Å². The van der Waals surface area contributed by atoms with Gasteiger partial charge in [0.1, 0.15) is 0 Å². The van der Waals surface area contributed by atoms with Crippen LogP contribution in [0.1, 0.15) is 39.5 Å². The number of anilines is 1. The second-order valence-corrected chi connectivity index (χ2v) is 6.58. The predicted molar refractivity (Wildman–Crippen MR) is 83.1 cm³/mol. The first-order valence-electron chi connectivity index (χ1n) is 6.98. The molecule has 0 atom stereocenters.